The first kappa shape index (κ1) is 17.5. The van der Waals surface area contributed by atoms with Crippen LogP contribution in [0.25, 0.3) is 11.4 Å². The molecule has 1 amide bonds. The summed E-state index contributed by atoms with van der Waals surface area (Å²) >= 11 is 0. The SMILES string of the molecule is CCC(=O)N1CC[C@@H](c2nc(-c3ccc(OC(C)(C)C)cc3)no2)C1. The summed E-state index contributed by atoms with van der Waals surface area (Å²) in [6.45, 7) is 9.34. The lowest BCUT2D eigenvalue weighted by Gasteiger charge is -2.21. The van der Waals surface area contributed by atoms with Crippen molar-refractivity contribution in [3.63, 3.8) is 0 Å². The molecular formula is C19H25N3O3. The quantitative estimate of drug-likeness (QED) is 0.848. The van der Waals surface area contributed by atoms with Crippen molar-refractivity contribution in [1.82, 2.24) is 15.0 Å². The number of nitrogens with zero attached hydrogens (tertiary/aromatic N) is 3. The number of amides is 1. The van der Waals surface area contributed by atoms with Crippen LogP contribution in [0.1, 0.15) is 52.3 Å². The van der Waals surface area contributed by atoms with Crippen molar-refractivity contribution < 1.29 is 14.1 Å². The molecule has 2 aromatic rings. The Kier molecular flexibility index (Phi) is 4.79. The van der Waals surface area contributed by atoms with Gasteiger partial charge in [-0.2, -0.15) is 4.98 Å². The Hall–Kier alpha value is -2.37. The number of hydrogen-bond acceptors (Lipinski definition) is 5. The van der Waals surface area contributed by atoms with Crippen molar-refractivity contribution in [3.8, 4) is 17.1 Å². The summed E-state index contributed by atoms with van der Waals surface area (Å²) in [5, 5.41) is 4.09. The van der Waals surface area contributed by atoms with Crippen LogP contribution < -0.4 is 4.74 Å². The maximum absolute atomic E-state index is 11.8. The zero-order valence-corrected chi connectivity index (χ0v) is 15.3. The number of hydrogen-bond donors (Lipinski definition) is 0. The first-order chi connectivity index (χ1) is 11.9. The van der Waals surface area contributed by atoms with Crippen molar-refractivity contribution in [1.29, 1.82) is 0 Å². The topological polar surface area (TPSA) is 68.5 Å². The molecule has 134 valence electrons. The van der Waals surface area contributed by atoms with Gasteiger partial charge in [-0.3, -0.25) is 4.79 Å². The Bertz CT molecular complexity index is 731. The molecule has 6 nitrogen and oxygen atoms in total. The summed E-state index contributed by atoms with van der Waals surface area (Å²) in [5.41, 5.74) is 0.654. The molecule has 1 aliphatic heterocycles. The van der Waals surface area contributed by atoms with Crippen molar-refractivity contribution in [2.45, 2.75) is 52.1 Å². The average molecular weight is 343 g/mol. The van der Waals surface area contributed by atoms with E-state index in [4.69, 9.17) is 9.26 Å². The number of rotatable bonds is 4. The highest BCUT2D eigenvalue weighted by atomic mass is 16.5. The summed E-state index contributed by atoms with van der Waals surface area (Å²) < 4.78 is 11.3. The molecule has 1 aliphatic rings. The average Bonchev–Trinajstić information content (AvgIpc) is 3.22. The van der Waals surface area contributed by atoms with E-state index in [1.54, 1.807) is 0 Å². The minimum atomic E-state index is -0.231. The first-order valence-electron chi connectivity index (χ1n) is 8.76. The van der Waals surface area contributed by atoms with E-state index >= 15 is 0 Å². The number of benzene rings is 1. The van der Waals surface area contributed by atoms with Crippen molar-refractivity contribution in [2.24, 2.45) is 0 Å². The Morgan fingerprint density at radius 2 is 2.04 bits per heavy atom. The molecule has 0 unspecified atom stereocenters. The van der Waals surface area contributed by atoms with Gasteiger partial charge in [0.05, 0.1) is 5.92 Å². The Balaban J connectivity index is 1.68. The number of carbonyl (C=O) groups is 1. The standard InChI is InChI=1S/C19H25N3O3/c1-5-16(23)22-11-10-14(12-22)18-20-17(21-25-18)13-6-8-15(9-7-13)24-19(2,3)4/h6-9,14H,5,10-12H2,1-4H3/t14-/m1/s1. The second-order valence-electron chi connectivity index (χ2n) is 7.37. The molecule has 6 heteroatoms. The van der Waals surface area contributed by atoms with Gasteiger partial charge in [0, 0.05) is 25.1 Å². The van der Waals surface area contributed by atoms with E-state index in [0.717, 1.165) is 24.3 Å². The van der Waals surface area contributed by atoms with Crippen LogP contribution in [0.3, 0.4) is 0 Å². The Labute approximate surface area is 148 Å². The summed E-state index contributed by atoms with van der Waals surface area (Å²) in [7, 11) is 0. The van der Waals surface area contributed by atoms with Crippen molar-refractivity contribution in [2.75, 3.05) is 13.1 Å². The summed E-state index contributed by atoms with van der Waals surface area (Å²) in [4.78, 5) is 18.2. The molecule has 2 heterocycles. The number of ether oxygens (including phenoxy) is 1. The molecule has 1 aromatic carbocycles. The van der Waals surface area contributed by atoms with Crippen LogP contribution in [-0.2, 0) is 4.79 Å². The van der Waals surface area contributed by atoms with Crippen LogP contribution in [0.15, 0.2) is 28.8 Å². The highest BCUT2D eigenvalue weighted by Crippen LogP contribution is 2.29. The van der Waals surface area contributed by atoms with Crippen LogP contribution in [0.2, 0.25) is 0 Å². The molecule has 3 rings (SSSR count). The van der Waals surface area contributed by atoms with Crippen LogP contribution in [-0.4, -0.2) is 39.6 Å². The number of likely N-dealkylation sites (tertiary alicyclic amines) is 1. The zero-order valence-electron chi connectivity index (χ0n) is 15.3. The van der Waals surface area contributed by atoms with E-state index in [1.165, 1.54) is 0 Å². The summed E-state index contributed by atoms with van der Waals surface area (Å²) in [5.74, 6) is 2.29. The lowest BCUT2D eigenvalue weighted by atomic mass is 10.1. The van der Waals surface area contributed by atoms with Crippen molar-refractivity contribution in [3.05, 3.63) is 30.2 Å². The highest BCUT2D eigenvalue weighted by Gasteiger charge is 2.30. The van der Waals surface area contributed by atoms with E-state index in [1.807, 2.05) is 56.9 Å². The molecule has 1 atom stereocenters. The number of carbonyl (C=O) groups excluding carboxylic acids is 1. The van der Waals surface area contributed by atoms with Gasteiger partial charge in [-0.15, -0.1) is 0 Å². The minimum absolute atomic E-state index is 0.125. The molecule has 1 aromatic heterocycles. The molecule has 0 bridgehead atoms. The van der Waals surface area contributed by atoms with E-state index in [0.29, 0.717) is 24.7 Å². The summed E-state index contributed by atoms with van der Waals surface area (Å²) in [6.07, 6.45) is 1.40. The fourth-order valence-electron chi connectivity index (χ4n) is 2.96. The van der Waals surface area contributed by atoms with Gasteiger partial charge >= 0.3 is 0 Å². The minimum Gasteiger partial charge on any atom is -0.488 e. The molecule has 0 aliphatic carbocycles. The largest absolute Gasteiger partial charge is 0.488 e. The first-order valence-corrected chi connectivity index (χ1v) is 8.76. The molecule has 1 fully saturated rings. The molecule has 1 saturated heterocycles. The van der Waals surface area contributed by atoms with Crippen LogP contribution in [0, 0.1) is 0 Å². The lowest BCUT2D eigenvalue weighted by molar-refractivity contribution is -0.129. The normalized spacial score (nSPS) is 17.8. The zero-order chi connectivity index (χ0) is 18.0. The predicted molar refractivity (Wildman–Crippen MR) is 94.3 cm³/mol. The second-order valence-corrected chi connectivity index (χ2v) is 7.37. The van der Waals surface area contributed by atoms with E-state index in [9.17, 15) is 4.79 Å². The lowest BCUT2D eigenvalue weighted by Crippen LogP contribution is -2.27. The predicted octanol–water partition coefficient (Wildman–Crippen LogP) is 3.64. The third-order valence-corrected chi connectivity index (χ3v) is 4.17. The van der Waals surface area contributed by atoms with Gasteiger partial charge < -0.3 is 14.2 Å². The fraction of sp³-hybridized carbons (Fsp3) is 0.526. The van der Waals surface area contributed by atoms with Gasteiger partial charge in [-0.05, 0) is 51.5 Å². The molecule has 0 radical (unpaired) electrons. The third kappa shape index (κ3) is 4.18. The summed E-state index contributed by atoms with van der Waals surface area (Å²) in [6, 6.07) is 7.68. The van der Waals surface area contributed by atoms with Gasteiger partial charge in [0.25, 0.3) is 0 Å². The van der Waals surface area contributed by atoms with Gasteiger partial charge in [-0.25, -0.2) is 0 Å². The van der Waals surface area contributed by atoms with Gasteiger partial charge in [0.1, 0.15) is 11.4 Å². The van der Waals surface area contributed by atoms with Crippen LogP contribution in [0.5, 0.6) is 5.75 Å². The Morgan fingerprint density at radius 1 is 1.32 bits per heavy atom. The van der Waals surface area contributed by atoms with E-state index in [-0.39, 0.29) is 17.4 Å². The molecule has 0 N–H and O–H groups in total. The highest BCUT2D eigenvalue weighted by molar-refractivity contribution is 5.76. The molecular weight excluding hydrogens is 318 g/mol. The maximum atomic E-state index is 11.8. The number of aromatic nitrogens is 2. The van der Waals surface area contributed by atoms with Crippen LogP contribution >= 0.6 is 0 Å². The van der Waals surface area contributed by atoms with Gasteiger partial charge in [-0.1, -0.05) is 12.1 Å². The molecule has 0 saturated carbocycles. The second kappa shape index (κ2) is 6.86. The fourth-order valence-corrected chi connectivity index (χ4v) is 2.96. The third-order valence-electron chi connectivity index (χ3n) is 4.17. The monoisotopic (exact) mass is 343 g/mol. The smallest absolute Gasteiger partial charge is 0.231 e. The maximum Gasteiger partial charge on any atom is 0.231 e. The van der Waals surface area contributed by atoms with E-state index in [2.05, 4.69) is 10.1 Å². The van der Waals surface area contributed by atoms with Gasteiger partial charge in [0.2, 0.25) is 17.6 Å². The molecule has 0 spiro atoms. The molecule has 25 heavy (non-hydrogen) atoms. The van der Waals surface area contributed by atoms with E-state index < -0.39 is 0 Å². The van der Waals surface area contributed by atoms with Crippen molar-refractivity contribution >= 4 is 5.91 Å². The van der Waals surface area contributed by atoms with Crippen LogP contribution in [0.4, 0.5) is 0 Å². The van der Waals surface area contributed by atoms with Gasteiger partial charge in [0.15, 0.2) is 0 Å². The Morgan fingerprint density at radius 3 is 2.68 bits per heavy atom.